The number of rotatable bonds is 3. The van der Waals surface area contributed by atoms with E-state index in [1.165, 1.54) is 12.1 Å². The highest BCUT2D eigenvalue weighted by atomic mass is 35.5. The monoisotopic (exact) mass is 326 g/mol. The van der Waals surface area contributed by atoms with Gasteiger partial charge in [0.1, 0.15) is 12.4 Å². The van der Waals surface area contributed by atoms with Gasteiger partial charge in [0.05, 0.1) is 22.0 Å². The molecule has 2 N–H and O–H groups in total. The van der Waals surface area contributed by atoms with Crippen molar-refractivity contribution in [1.29, 1.82) is 0 Å². The Hall–Kier alpha value is -2.39. The maximum atomic E-state index is 12.6. The van der Waals surface area contributed by atoms with E-state index < -0.39 is 11.7 Å². The van der Waals surface area contributed by atoms with Crippen LogP contribution in [0.25, 0.3) is 11.3 Å². The van der Waals surface area contributed by atoms with Crippen LogP contribution in [0.2, 0.25) is 5.02 Å². The summed E-state index contributed by atoms with van der Waals surface area (Å²) in [5.74, 6) is 2.60. The molecule has 114 valence electrons. The van der Waals surface area contributed by atoms with Crippen molar-refractivity contribution in [2.75, 3.05) is 12.3 Å². The zero-order chi connectivity index (χ0) is 16.3. The van der Waals surface area contributed by atoms with E-state index in [1.54, 1.807) is 6.07 Å². The highest BCUT2D eigenvalue weighted by Crippen LogP contribution is 2.35. The van der Waals surface area contributed by atoms with Crippen LogP contribution in [0.4, 0.5) is 18.9 Å². The van der Waals surface area contributed by atoms with Crippen LogP contribution in [-0.4, -0.2) is 11.6 Å². The third-order valence-corrected chi connectivity index (χ3v) is 3.07. The lowest BCUT2D eigenvalue weighted by atomic mass is 10.1. The van der Waals surface area contributed by atoms with Crippen LogP contribution in [0, 0.1) is 12.3 Å². The van der Waals surface area contributed by atoms with Crippen molar-refractivity contribution >= 4 is 17.3 Å². The molecule has 0 unspecified atom stereocenters. The first kappa shape index (κ1) is 16.0. The van der Waals surface area contributed by atoms with E-state index >= 15 is 0 Å². The van der Waals surface area contributed by atoms with Crippen molar-refractivity contribution in [3.05, 3.63) is 41.0 Å². The smallest absolute Gasteiger partial charge is 0.417 e. The molecule has 0 aliphatic heterocycles. The summed E-state index contributed by atoms with van der Waals surface area (Å²) >= 11 is 5.95. The summed E-state index contributed by atoms with van der Waals surface area (Å²) in [7, 11) is 0. The second-order valence-electron chi connectivity index (χ2n) is 4.30. The lowest BCUT2D eigenvalue weighted by Crippen LogP contribution is -2.07. The first-order chi connectivity index (χ1) is 10.3. The number of hydrogen-bond acceptors (Lipinski definition) is 3. The van der Waals surface area contributed by atoms with Gasteiger partial charge in [0.15, 0.2) is 0 Å². The number of aromatic nitrogens is 1. The van der Waals surface area contributed by atoms with Gasteiger partial charge >= 0.3 is 6.18 Å². The lowest BCUT2D eigenvalue weighted by molar-refractivity contribution is -0.137. The van der Waals surface area contributed by atoms with E-state index in [0.29, 0.717) is 16.3 Å². The molecule has 0 aliphatic rings. The van der Waals surface area contributed by atoms with Gasteiger partial charge in [-0.3, -0.25) is 4.98 Å². The molecule has 7 heteroatoms. The van der Waals surface area contributed by atoms with Crippen LogP contribution in [0.1, 0.15) is 5.56 Å². The number of nitrogens with two attached hydrogens (primary N) is 1. The highest BCUT2D eigenvalue weighted by molar-refractivity contribution is 6.32. The van der Waals surface area contributed by atoms with E-state index in [-0.39, 0.29) is 18.0 Å². The largest absolute Gasteiger partial charge is 0.479 e. The molecular weight excluding hydrogens is 317 g/mol. The maximum Gasteiger partial charge on any atom is 0.417 e. The second kappa shape index (κ2) is 6.16. The molecule has 3 nitrogen and oxygen atoms in total. The number of terminal acetylenes is 1. The predicted octanol–water partition coefficient (Wildman–Crippen LogP) is 4.02. The lowest BCUT2D eigenvalue weighted by Gasteiger charge is -2.11. The first-order valence-electron chi connectivity index (χ1n) is 6.02. The van der Waals surface area contributed by atoms with Gasteiger partial charge in [-0.15, -0.1) is 6.42 Å². The number of pyridine rings is 1. The van der Waals surface area contributed by atoms with Crippen molar-refractivity contribution in [3.63, 3.8) is 0 Å². The Morgan fingerprint density at radius 1 is 1.32 bits per heavy atom. The average molecular weight is 327 g/mol. The minimum absolute atomic E-state index is 0.0130. The standard InChI is InChI=1S/C15H10ClF3N2O/c1-2-5-22-13-6-9(3-4-11(13)16)14-12(20)7-10(8-21-14)15(17,18)19/h1,3-4,6-8H,5,20H2. The van der Waals surface area contributed by atoms with Crippen LogP contribution < -0.4 is 10.5 Å². The van der Waals surface area contributed by atoms with Gasteiger partial charge in [0, 0.05) is 11.8 Å². The molecule has 22 heavy (non-hydrogen) atoms. The fraction of sp³-hybridized carbons (Fsp3) is 0.133. The Balaban J connectivity index is 2.42. The molecule has 0 spiro atoms. The summed E-state index contributed by atoms with van der Waals surface area (Å²) in [6.45, 7) is 0.0130. The Morgan fingerprint density at radius 3 is 2.64 bits per heavy atom. The summed E-state index contributed by atoms with van der Waals surface area (Å²) < 4.78 is 43.1. The molecule has 1 aromatic carbocycles. The van der Waals surface area contributed by atoms with Crippen molar-refractivity contribution in [2.24, 2.45) is 0 Å². The molecule has 0 bridgehead atoms. The number of hydrogen-bond donors (Lipinski definition) is 1. The van der Waals surface area contributed by atoms with Gasteiger partial charge in [0.2, 0.25) is 0 Å². The van der Waals surface area contributed by atoms with E-state index in [4.69, 9.17) is 28.5 Å². The van der Waals surface area contributed by atoms with Gasteiger partial charge in [-0.2, -0.15) is 13.2 Å². The summed E-state index contributed by atoms with van der Waals surface area (Å²) in [6.07, 6.45) is 1.33. The first-order valence-corrected chi connectivity index (χ1v) is 6.39. The predicted molar refractivity (Wildman–Crippen MR) is 78.4 cm³/mol. The molecule has 1 aromatic heterocycles. The Kier molecular flexibility index (Phi) is 4.48. The van der Waals surface area contributed by atoms with Crippen LogP contribution in [0.15, 0.2) is 30.5 Å². The number of benzene rings is 1. The van der Waals surface area contributed by atoms with E-state index in [0.717, 1.165) is 12.3 Å². The Morgan fingerprint density at radius 2 is 2.05 bits per heavy atom. The normalized spacial score (nSPS) is 11.0. The molecule has 0 saturated carbocycles. The van der Waals surface area contributed by atoms with Crippen molar-refractivity contribution < 1.29 is 17.9 Å². The van der Waals surface area contributed by atoms with Gasteiger partial charge in [-0.25, -0.2) is 0 Å². The topological polar surface area (TPSA) is 48.1 Å². The van der Waals surface area contributed by atoms with Crippen LogP contribution >= 0.6 is 11.6 Å². The van der Waals surface area contributed by atoms with E-state index in [9.17, 15) is 13.2 Å². The number of halogens is 4. The molecule has 0 aliphatic carbocycles. The third kappa shape index (κ3) is 3.43. The zero-order valence-electron chi connectivity index (χ0n) is 11.1. The molecule has 0 fully saturated rings. The number of nitrogen functional groups attached to an aromatic ring is 1. The minimum Gasteiger partial charge on any atom is -0.479 e. The van der Waals surface area contributed by atoms with Crippen LogP contribution in [-0.2, 0) is 6.18 Å². The van der Waals surface area contributed by atoms with Crippen LogP contribution in [0.5, 0.6) is 5.75 Å². The highest BCUT2D eigenvalue weighted by Gasteiger charge is 2.31. The minimum atomic E-state index is -4.50. The fourth-order valence-corrected chi connectivity index (χ4v) is 1.93. The number of anilines is 1. The molecule has 2 rings (SSSR count). The number of alkyl halides is 3. The van der Waals surface area contributed by atoms with E-state index in [2.05, 4.69) is 10.9 Å². The fourth-order valence-electron chi connectivity index (χ4n) is 1.76. The Labute approximate surface area is 129 Å². The summed E-state index contributed by atoms with van der Waals surface area (Å²) in [4.78, 5) is 3.78. The van der Waals surface area contributed by atoms with E-state index in [1.807, 2.05) is 0 Å². The SMILES string of the molecule is C#CCOc1cc(-c2ncc(C(F)(F)F)cc2N)ccc1Cl. The van der Waals surface area contributed by atoms with Crippen LogP contribution in [0.3, 0.4) is 0 Å². The molecule has 1 heterocycles. The molecule has 0 radical (unpaired) electrons. The summed E-state index contributed by atoms with van der Waals surface area (Å²) in [5.41, 5.74) is 5.34. The van der Waals surface area contributed by atoms with Gasteiger partial charge in [-0.05, 0) is 18.2 Å². The van der Waals surface area contributed by atoms with Crippen molar-refractivity contribution in [1.82, 2.24) is 4.98 Å². The number of ether oxygens (including phenoxy) is 1. The Bertz CT molecular complexity index is 739. The molecule has 0 amide bonds. The van der Waals surface area contributed by atoms with Gasteiger partial charge in [0.25, 0.3) is 0 Å². The van der Waals surface area contributed by atoms with Crippen molar-refractivity contribution in [3.8, 4) is 29.4 Å². The van der Waals surface area contributed by atoms with Crippen molar-refractivity contribution in [2.45, 2.75) is 6.18 Å². The molecular formula is C15H10ClF3N2O. The quantitative estimate of drug-likeness (QED) is 0.867. The maximum absolute atomic E-state index is 12.6. The summed E-state index contributed by atoms with van der Waals surface area (Å²) in [5, 5.41) is 0.324. The third-order valence-electron chi connectivity index (χ3n) is 2.76. The molecule has 0 atom stereocenters. The van der Waals surface area contributed by atoms with Gasteiger partial charge in [-0.1, -0.05) is 23.6 Å². The zero-order valence-corrected chi connectivity index (χ0v) is 11.9. The van der Waals surface area contributed by atoms with Gasteiger partial charge < -0.3 is 10.5 Å². The summed E-state index contributed by atoms with van der Waals surface area (Å²) in [6, 6.07) is 5.46. The molecule has 0 saturated heterocycles. The number of nitrogens with zero attached hydrogens (tertiary/aromatic N) is 1. The average Bonchev–Trinajstić information content (AvgIpc) is 2.45. The second-order valence-corrected chi connectivity index (χ2v) is 4.70. The molecule has 2 aromatic rings.